The molecule has 1 heterocycles. The molecular formula is C16H22N2O5S. The molecule has 0 radical (unpaired) electrons. The predicted molar refractivity (Wildman–Crippen MR) is 88.3 cm³/mol. The summed E-state index contributed by atoms with van der Waals surface area (Å²) in [5.41, 5.74) is 0.824. The van der Waals surface area contributed by atoms with Gasteiger partial charge in [0.05, 0.1) is 18.7 Å². The van der Waals surface area contributed by atoms with Crippen LogP contribution in [0.2, 0.25) is 0 Å². The van der Waals surface area contributed by atoms with Crippen molar-refractivity contribution in [3.05, 3.63) is 35.4 Å². The number of amides is 1. The highest BCUT2D eigenvalue weighted by Crippen LogP contribution is 2.18. The molecule has 1 aromatic rings. The molecule has 1 amide bonds. The summed E-state index contributed by atoms with van der Waals surface area (Å²) in [5, 5.41) is 0. The molecule has 0 saturated carbocycles. The van der Waals surface area contributed by atoms with E-state index in [4.69, 9.17) is 4.74 Å². The third-order valence-electron chi connectivity index (χ3n) is 4.09. The summed E-state index contributed by atoms with van der Waals surface area (Å²) in [4.78, 5) is 23.6. The van der Waals surface area contributed by atoms with Gasteiger partial charge in [0.1, 0.15) is 0 Å². The van der Waals surface area contributed by atoms with Crippen molar-refractivity contribution in [3.63, 3.8) is 0 Å². The number of benzene rings is 1. The number of hydrogen-bond donors (Lipinski definition) is 1. The number of hydrogen-bond acceptors (Lipinski definition) is 5. The van der Waals surface area contributed by atoms with Crippen LogP contribution in [-0.2, 0) is 26.3 Å². The van der Waals surface area contributed by atoms with E-state index in [1.165, 1.54) is 0 Å². The monoisotopic (exact) mass is 354 g/mol. The van der Waals surface area contributed by atoms with E-state index >= 15 is 0 Å². The number of carbonyl (C=O) groups excluding carboxylic acids is 2. The highest BCUT2D eigenvalue weighted by atomic mass is 32.2. The molecule has 2 rings (SSSR count). The molecule has 0 unspecified atom stereocenters. The van der Waals surface area contributed by atoms with Crippen molar-refractivity contribution in [2.75, 3.05) is 13.2 Å². The Balaban J connectivity index is 2.13. The first-order valence-corrected chi connectivity index (χ1v) is 9.37. The topological polar surface area (TPSA) is 92.8 Å². The number of rotatable bonds is 7. The van der Waals surface area contributed by atoms with E-state index in [0.29, 0.717) is 23.7 Å². The zero-order chi connectivity index (χ0) is 17.7. The predicted octanol–water partition coefficient (Wildman–Crippen LogP) is 1.46. The van der Waals surface area contributed by atoms with Gasteiger partial charge in [0, 0.05) is 6.54 Å². The Kier molecular flexibility index (Phi) is 5.95. The summed E-state index contributed by atoms with van der Waals surface area (Å²) < 4.78 is 31.9. The SMILES string of the molecule is CCC(CC)COC(=O)c1ccccc1CN1CC(=O)NS1(=O)=O. The second-order valence-corrected chi connectivity index (χ2v) is 7.41. The van der Waals surface area contributed by atoms with Crippen LogP contribution in [0.1, 0.15) is 42.6 Å². The van der Waals surface area contributed by atoms with Gasteiger partial charge in [0.15, 0.2) is 0 Å². The molecule has 1 saturated heterocycles. The van der Waals surface area contributed by atoms with E-state index in [2.05, 4.69) is 0 Å². The molecule has 8 heteroatoms. The first-order valence-electron chi connectivity index (χ1n) is 7.93. The molecule has 7 nitrogen and oxygen atoms in total. The zero-order valence-corrected chi connectivity index (χ0v) is 14.6. The second kappa shape index (κ2) is 7.76. The van der Waals surface area contributed by atoms with Crippen molar-refractivity contribution in [2.45, 2.75) is 33.2 Å². The molecule has 1 aliphatic rings. The van der Waals surface area contributed by atoms with Crippen LogP contribution in [-0.4, -0.2) is 37.8 Å². The number of nitrogens with zero attached hydrogens (tertiary/aromatic N) is 1. The number of carbonyl (C=O) groups is 2. The van der Waals surface area contributed by atoms with Crippen LogP contribution < -0.4 is 4.72 Å². The fraction of sp³-hybridized carbons (Fsp3) is 0.500. The molecule has 1 aliphatic heterocycles. The molecule has 0 spiro atoms. The maximum Gasteiger partial charge on any atom is 0.338 e. The summed E-state index contributed by atoms with van der Waals surface area (Å²) in [6.45, 7) is 4.11. The standard InChI is InChI=1S/C16H22N2O5S/c1-3-12(4-2)11-23-16(20)14-8-6-5-7-13(14)9-18-10-15(19)17-24(18,21)22/h5-8,12H,3-4,9-11H2,1-2H3,(H,17,19). The summed E-state index contributed by atoms with van der Waals surface area (Å²) in [6.07, 6.45) is 1.84. The van der Waals surface area contributed by atoms with Gasteiger partial charge in [-0.2, -0.15) is 12.7 Å². The Morgan fingerprint density at radius 3 is 2.54 bits per heavy atom. The smallest absolute Gasteiger partial charge is 0.338 e. The molecular weight excluding hydrogens is 332 g/mol. The van der Waals surface area contributed by atoms with Crippen LogP contribution in [0.15, 0.2) is 24.3 Å². The van der Waals surface area contributed by atoms with Crippen molar-refractivity contribution >= 4 is 22.1 Å². The molecule has 0 aromatic heterocycles. The highest BCUT2D eigenvalue weighted by Gasteiger charge is 2.34. The summed E-state index contributed by atoms with van der Waals surface area (Å²) in [7, 11) is -3.83. The van der Waals surface area contributed by atoms with Crippen molar-refractivity contribution in [1.82, 2.24) is 9.03 Å². The molecule has 1 fully saturated rings. The van der Waals surface area contributed by atoms with Gasteiger partial charge in [-0.3, -0.25) is 4.79 Å². The molecule has 1 aromatic carbocycles. The maximum atomic E-state index is 12.3. The van der Waals surface area contributed by atoms with Gasteiger partial charge in [-0.15, -0.1) is 0 Å². The lowest BCUT2D eigenvalue weighted by molar-refractivity contribution is -0.118. The largest absolute Gasteiger partial charge is 0.462 e. The van der Waals surface area contributed by atoms with Crippen molar-refractivity contribution in [1.29, 1.82) is 0 Å². The lowest BCUT2D eigenvalue weighted by Crippen LogP contribution is -2.30. The summed E-state index contributed by atoms with van der Waals surface area (Å²) in [6, 6.07) is 6.67. The van der Waals surface area contributed by atoms with Crippen LogP contribution >= 0.6 is 0 Å². The van der Waals surface area contributed by atoms with E-state index in [1.54, 1.807) is 24.3 Å². The zero-order valence-electron chi connectivity index (χ0n) is 13.8. The second-order valence-electron chi connectivity index (χ2n) is 5.74. The fourth-order valence-corrected chi connectivity index (χ4v) is 3.55. The van der Waals surface area contributed by atoms with Crippen molar-refractivity contribution < 1.29 is 22.7 Å². The molecule has 0 aliphatic carbocycles. The summed E-state index contributed by atoms with van der Waals surface area (Å²) >= 11 is 0. The van der Waals surface area contributed by atoms with Crippen molar-refractivity contribution in [2.24, 2.45) is 5.92 Å². The van der Waals surface area contributed by atoms with Gasteiger partial charge >= 0.3 is 16.2 Å². The Labute approximate surface area is 142 Å². The Bertz CT molecular complexity index is 713. The number of ether oxygens (including phenoxy) is 1. The lowest BCUT2D eigenvalue weighted by Gasteiger charge is -2.16. The highest BCUT2D eigenvalue weighted by molar-refractivity contribution is 7.88. The van der Waals surface area contributed by atoms with Gasteiger partial charge < -0.3 is 4.74 Å². The minimum atomic E-state index is -3.83. The average Bonchev–Trinajstić information content (AvgIpc) is 2.80. The van der Waals surface area contributed by atoms with Gasteiger partial charge in [0.25, 0.3) is 0 Å². The van der Waals surface area contributed by atoms with Crippen LogP contribution in [0.4, 0.5) is 0 Å². The first-order chi connectivity index (χ1) is 11.4. The Morgan fingerprint density at radius 2 is 1.96 bits per heavy atom. The van der Waals surface area contributed by atoms with Crippen molar-refractivity contribution in [3.8, 4) is 0 Å². The summed E-state index contributed by atoms with van der Waals surface area (Å²) in [5.74, 6) is -0.751. The number of nitrogens with one attached hydrogen (secondary N) is 1. The van der Waals surface area contributed by atoms with Gasteiger partial charge in [-0.25, -0.2) is 9.52 Å². The molecule has 0 atom stereocenters. The third kappa shape index (κ3) is 4.33. The van der Waals surface area contributed by atoms with Gasteiger partial charge in [-0.1, -0.05) is 44.9 Å². The molecule has 1 N–H and O–H groups in total. The lowest BCUT2D eigenvalue weighted by atomic mass is 10.0. The quantitative estimate of drug-likeness (QED) is 0.748. The minimum absolute atomic E-state index is 0.0582. The van der Waals surface area contributed by atoms with E-state index in [1.807, 2.05) is 18.6 Å². The first kappa shape index (κ1) is 18.4. The van der Waals surface area contributed by atoms with Crippen LogP contribution in [0, 0.1) is 5.92 Å². The Morgan fingerprint density at radius 1 is 1.29 bits per heavy atom. The molecule has 0 bridgehead atoms. The molecule has 24 heavy (non-hydrogen) atoms. The van der Waals surface area contributed by atoms with Crippen LogP contribution in [0.25, 0.3) is 0 Å². The minimum Gasteiger partial charge on any atom is -0.462 e. The maximum absolute atomic E-state index is 12.3. The van der Waals surface area contributed by atoms with Crippen LogP contribution in [0.3, 0.4) is 0 Å². The normalized spacial score (nSPS) is 17.0. The van der Waals surface area contributed by atoms with Gasteiger partial charge in [0.2, 0.25) is 5.91 Å². The third-order valence-corrected chi connectivity index (χ3v) is 5.52. The van der Waals surface area contributed by atoms with Gasteiger partial charge in [-0.05, 0) is 17.5 Å². The van der Waals surface area contributed by atoms with E-state index < -0.39 is 22.1 Å². The van der Waals surface area contributed by atoms with E-state index in [0.717, 1.165) is 17.1 Å². The number of esters is 1. The average molecular weight is 354 g/mol. The van der Waals surface area contributed by atoms with E-state index in [-0.39, 0.29) is 13.1 Å². The Hall–Kier alpha value is -1.93. The van der Waals surface area contributed by atoms with Crippen LogP contribution in [0.5, 0.6) is 0 Å². The fourth-order valence-electron chi connectivity index (χ4n) is 2.47. The van der Waals surface area contributed by atoms with E-state index in [9.17, 15) is 18.0 Å². The molecule has 132 valence electrons.